The van der Waals surface area contributed by atoms with Crippen LogP contribution in [0.15, 0.2) is 11.6 Å². The summed E-state index contributed by atoms with van der Waals surface area (Å²) in [6, 6.07) is 0. The molecular weight excluding hydrogens is 192 g/mol. The average molecular weight is 212 g/mol. The second-order valence-corrected chi connectivity index (χ2v) is 3.97. The van der Waals surface area contributed by atoms with E-state index in [0.717, 1.165) is 19.4 Å². The third kappa shape index (κ3) is 5.57. The Labute approximate surface area is 91.4 Å². The van der Waals surface area contributed by atoms with Crippen molar-refractivity contribution in [2.45, 2.75) is 45.1 Å². The van der Waals surface area contributed by atoms with Gasteiger partial charge in [-0.3, -0.25) is 0 Å². The minimum absolute atomic E-state index is 0.221. The standard InChI is InChI=1S/C12H20O3/c1-10(12(13)14-2)7-5-3-4-6-8-11-9-15-11/h7,11H,3-6,8-9H2,1-2H3. The fraction of sp³-hybridized carbons (Fsp3) is 0.750. The van der Waals surface area contributed by atoms with Crippen LogP contribution in [0.1, 0.15) is 39.0 Å². The fourth-order valence-corrected chi connectivity index (χ4v) is 1.49. The van der Waals surface area contributed by atoms with E-state index in [0.29, 0.717) is 11.7 Å². The van der Waals surface area contributed by atoms with Crippen LogP contribution in [0.25, 0.3) is 0 Å². The number of epoxide rings is 1. The van der Waals surface area contributed by atoms with Gasteiger partial charge in [0.15, 0.2) is 0 Å². The van der Waals surface area contributed by atoms with Gasteiger partial charge in [-0.15, -0.1) is 0 Å². The summed E-state index contributed by atoms with van der Waals surface area (Å²) in [6.45, 7) is 2.76. The molecule has 3 nitrogen and oxygen atoms in total. The zero-order valence-electron chi connectivity index (χ0n) is 9.62. The first-order valence-corrected chi connectivity index (χ1v) is 5.60. The van der Waals surface area contributed by atoms with Gasteiger partial charge in [0.1, 0.15) is 0 Å². The normalized spacial score (nSPS) is 20.1. The number of rotatable bonds is 7. The Kier molecular flexibility index (Phi) is 5.40. The maximum atomic E-state index is 11.0. The lowest BCUT2D eigenvalue weighted by atomic mass is 10.1. The zero-order chi connectivity index (χ0) is 11.1. The van der Waals surface area contributed by atoms with Crippen LogP contribution < -0.4 is 0 Å². The number of hydrogen-bond acceptors (Lipinski definition) is 3. The van der Waals surface area contributed by atoms with Crippen molar-refractivity contribution < 1.29 is 14.3 Å². The molecule has 86 valence electrons. The molecule has 0 saturated carbocycles. The lowest BCUT2D eigenvalue weighted by Gasteiger charge is -1.99. The van der Waals surface area contributed by atoms with Gasteiger partial charge in [-0.1, -0.05) is 18.9 Å². The second kappa shape index (κ2) is 6.62. The molecule has 0 aromatic heterocycles. The topological polar surface area (TPSA) is 38.8 Å². The minimum atomic E-state index is -0.221. The van der Waals surface area contributed by atoms with E-state index in [-0.39, 0.29) is 5.97 Å². The summed E-state index contributed by atoms with van der Waals surface area (Å²) >= 11 is 0. The minimum Gasteiger partial charge on any atom is -0.466 e. The van der Waals surface area contributed by atoms with E-state index in [4.69, 9.17) is 4.74 Å². The molecule has 1 unspecified atom stereocenters. The maximum absolute atomic E-state index is 11.0. The Balaban J connectivity index is 1.96. The highest BCUT2D eigenvalue weighted by Crippen LogP contribution is 2.17. The molecule has 0 spiro atoms. The van der Waals surface area contributed by atoms with E-state index in [1.165, 1.54) is 26.4 Å². The Morgan fingerprint density at radius 1 is 1.47 bits per heavy atom. The zero-order valence-corrected chi connectivity index (χ0v) is 9.62. The predicted molar refractivity (Wildman–Crippen MR) is 58.6 cm³/mol. The number of esters is 1. The molecule has 0 bridgehead atoms. The molecule has 0 aromatic rings. The second-order valence-electron chi connectivity index (χ2n) is 3.97. The highest BCUT2D eigenvalue weighted by Gasteiger charge is 2.20. The van der Waals surface area contributed by atoms with Gasteiger partial charge >= 0.3 is 5.97 Å². The van der Waals surface area contributed by atoms with Crippen molar-refractivity contribution in [1.82, 2.24) is 0 Å². The van der Waals surface area contributed by atoms with Crippen LogP contribution in [-0.2, 0) is 14.3 Å². The van der Waals surface area contributed by atoms with Crippen LogP contribution >= 0.6 is 0 Å². The Morgan fingerprint density at radius 3 is 2.80 bits per heavy atom. The highest BCUT2D eigenvalue weighted by molar-refractivity contribution is 5.87. The van der Waals surface area contributed by atoms with Crippen LogP contribution in [0.3, 0.4) is 0 Å². The Morgan fingerprint density at radius 2 is 2.20 bits per heavy atom. The van der Waals surface area contributed by atoms with E-state index in [1.54, 1.807) is 6.92 Å². The van der Waals surface area contributed by atoms with E-state index in [2.05, 4.69) is 4.74 Å². The Bertz CT molecular complexity index is 229. The van der Waals surface area contributed by atoms with E-state index in [9.17, 15) is 4.79 Å². The van der Waals surface area contributed by atoms with Crippen molar-refractivity contribution in [3.8, 4) is 0 Å². The van der Waals surface area contributed by atoms with Gasteiger partial charge in [-0.05, 0) is 26.2 Å². The maximum Gasteiger partial charge on any atom is 0.333 e. The molecule has 0 N–H and O–H groups in total. The first-order valence-electron chi connectivity index (χ1n) is 5.60. The number of carbonyl (C=O) groups is 1. The lowest BCUT2D eigenvalue weighted by molar-refractivity contribution is -0.136. The van der Waals surface area contributed by atoms with Crippen molar-refractivity contribution in [3.63, 3.8) is 0 Å². The Hall–Kier alpha value is -0.830. The number of ether oxygens (including phenoxy) is 2. The molecule has 1 aliphatic heterocycles. The van der Waals surface area contributed by atoms with Crippen molar-refractivity contribution in [1.29, 1.82) is 0 Å². The molecule has 15 heavy (non-hydrogen) atoms. The van der Waals surface area contributed by atoms with Gasteiger partial charge in [0, 0.05) is 5.57 Å². The largest absolute Gasteiger partial charge is 0.466 e. The molecule has 3 heteroatoms. The molecule has 1 aliphatic rings. The molecule has 1 saturated heterocycles. The van der Waals surface area contributed by atoms with Crippen molar-refractivity contribution >= 4 is 5.97 Å². The molecule has 1 heterocycles. The average Bonchev–Trinajstić information content (AvgIpc) is 3.05. The monoisotopic (exact) mass is 212 g/mol. The summed E-state index contributed by atoms with van der Waals surface area (Å²) in [5.41, 5.74) is 0.711. The van der Waals surface area contributed by atoms with Crippen LogP contribution in [0.4, 0.5) is 0 Å². The van der Waals surface area contributed by atoms with Gasteiger partial charge in [0.2, 0.25) is 0 Å². The number of unbranched alkanes of at least 4 members (excludes halogenated alkanes) is 3. The molecular formula is C12H20O3. The molecule has 0 aliphatic carbocycles. The molecule has 1 rings (SSSR count). The number of hydrogen-bond donors (Lipinski definition) is 0. The lowest BCUT2D eigenvalue weighted by Crippen LogP contribution is -2.01. The molecule has 1 fully saturated rings. The van der Waals surface area contributed by atoms with Gasteiger partial charge in [-0.25, -0.2) is 4.79 Å². The predicted octanol–water partition coefficient (Wildman–Crippen LogP) is 2.46. The quantitative estimate of drug-likeness (QED) is 0.281. The van der Waals surface area contributed by atoms with Crippen LogP contribution in [0, 0.1) is 0 Å². The number of carbonyl (C=O) groups excluding carboxylic acids is 1. The van der Waals surface area contributed by atoms with E-state index >= 15 is 0 Å². The molecule has 0 amide bonds. The molecule has 1 atom stereocenters. The highest BCUT2D eigenvalue weighted by atomic mass is 16.6. The first-order chi connectivity index (χ1) is 7.24. The van der Waals surface area contributed by atoms with E-state index in [1.807, 2.05) is 6.08 Å². The van der Waals surface area contributed by atoms with E-state index < -0.39 is 0 Å². The smallest absolute Gasteiger partial charge is 0.333 e. The summed E-state index contributed by atoms with van der Waals surface area (Å²) in [4.78, 5) is 11.0. The third-order valence-corrected chi connectivity index (χ3v) is 2.59. The summed E-state index contributed by atoms with van der Waals surface area (Å²) in [6.07, 6.45) is 8.25. The summed E-state index contributed by atoms with van der Waals surface area (Å²) in [7, 11) is 1.41. The first kappa shape index (κ1) is 12.2. The SMILES string of the molecule is COC(=O)C(C)=CCCCCCC1CO1. The molecule has 0 aromatic carbocycles. The van der Waals surface area contributed by atoms with Gasteiger partial charge < -0.3 is 9.47 Å². The van der Waals surface area contributed by atoms with Gasteiger partial charge in [-0.2, -0.15) is 0 Å². The van der Waals surface area contributed by atoms with Gasteiger partial charge in [0.05, 0.1) is 19.8 Å². The summed E-state index contributed by atoms with van der Waals surface area (Å²) in [5, 5.41) is 0. The van der Waals surface area contributed by atoms with Gasteiger partial charge in [0.25, 0.3) is 0 Å². The fourth-order valence-electron chi connectivity index (χ4n) is 1.49. The molecule has 0 radical (unpaired) electrons. The number of methoxy groups -OCH3 is 1. The van der Waals surface area contributed by atoms with Crippen molar-refractivity contribution in [2.24, 2.45) is 0 Å². The third-order valence-electron chi connectivity index (χ3n) is 2.59. The van der Waals surface area contributed by atoms with Crippen LogP contribution in [-0.4, -0.2) is 25.8 Å². The van der Waals surface area contributed by atoms with Crippen molar-refractivity contribution in [2.75, 3.05) is 13.7 Å². The summed E-state index contributed by atoms with van der Waals surface area (Å²) in [5.74, 6) is -0.221. The van der Waals surface area contributed by atoms with Crippen molar-refractivity contribution in [3.05, 3.63) is 11.6 Å². The summed E-state index contributed by atoms with van der Waals surface area (Å²) < 4.78 is 9.73. The van der Waals surface area contributed by atoms with Crippen LogP contribution in [0.2, 0.25) is 0 Å². The number of allylic oxidation sites excluding steroid dienone is 1. The van der Waals surface area contributed by atoms with Crippen LogP contribution in [0.5, 0.6) is 0 Å².